The molecule has 1 N–H and O–H groups in total. The second-order valence-corrected chi connectivity index (χ2v) is 9.70. The molecule has 31 heavy (non-hydrogen) atoms. The number of hydrogen-bond donors (Lipinski definition) is 1. The average Bonchev–Trinajstić information content (AvgIpc) is 3.24. The molecule has 5 nitrogen and oxygen atoms in total. The highest BCUT2D eigenvalue weighted by Crippen LogP contribution is 2.24. The van der Waals surface area contributed by atoms with E-state index in [1.807, 2.05) is 31.2 Å². The van der Waals surface area contributed by atoms with Gasteiger partial charge in [0.2, 0.25) is 0 Å². The van der Waals surface area contributed by atoms with E-state index in [1.54, 1.807) is 23.1 Å². The van der Waals surface area contributed by atoms with Crippen molar-refractivity contribution >= 4 is 34.7 Å². The monoisotopic (exact) mass is 452 g/mol. The molecule has 0 spiro atoms. The van der Waals surface area contributed by atoms with Crippen LogP contribution in [-0.4, -0.2) is 55.1 Å². The summed E-state index contributed by atoms with van der Waals surface area (Å²) in [5.41, 5.74) is 3.11. The third-order valence-electron chi connectivity index (χ3n) is 5.38. The number of carbonyl (C=O) groups excluding carboxylic acids is 1. The van der Waals surface area contributed by atoms with Gasteiger partial charge in [0.15, 0.2) is 0 Å². The standard InChI is InChI=1S/C24H28N4OS2/c1-19-26-21(17-30-19)18-31-23-9-7-20(8-10-23)24(29)25-11-12-27-13-15-28(16-14-27)22-5-3-2-4-6-22/h2-10,17H,11-16,18H2,1H3,(H,25,29). The zero-order valence-corrected chi connectivity index (χ0v) is 19.4. The zero-order valence-electron chi connectivity index (χ0n) is 17.8. The van der Waals surface area contributed by atoms with Gasteiger partial charge in [-0.25, -0.2) is 4.98 Å². The van der Waals surface area contributed by atoms with Gasteiger partial charge in [-0.3, -0.25) is 9.69 Å². The predicted molar refractivity (Wildman–Crippen MR) is 130 cm³/mol. The topological polar surface area (TPSA) is 48.5 Å². The summed E-state index contributed by atoms with van der Waals surface area (Å²) in [6.07, 6.45) is 0. The molecule has 2 heterocycles. The van der Waals surface area contributed by atoms with Crippen LogP contribution in [0.3, 0.4) is 0 Å². The minimum absolute atomic E-state index is 0.00500. The van der Waals surface area contributed by atoms with E-state index in [-0.39, 0.29) is 5.91 Å². The number of hydrogen-bond acceptors (Lipinski definition) is 6. The lowest BCUT2D eigenvalue weighted by atomic mass is 10.2. The van der Waals surface area contributed by atoms with E-state index in [9.17, 15) is 4.79 Å². The summed E-state index contributed by atoms with van der Waals surface area (Å²) in [6.45, 7) is 7.68. The van der Waals surface area contributed by atoms with E-state index >= 15 is 0 Å². The number of aromatic nitrogens is 1. The summed E-state index contributed by atoms with van der Waals surface area (Å²) in [5, 5.41) is 6.26. The van der Waals surface area contributed by atoms with E-state index in [2.05, 4.69) is 55.8 Å². The van der Waals surface area contributed by atoms with E-state index in [0.717, 1.165) is 54.1 Å². The van der Waals surface area contributed by atoms with Crippen molar-refractivity contribution in [2.45, 2.75) is 17.6 Å². The number of rotatable bonds is 8. The van der Waals surface area contributed by atoms with Crippen molar-refractivity contribution in [2.24, 2.45) is 0 Å². The molecule has 7 heteroatoms. The fourth-order valence-electron chi connectivity index (χ4n) is 3.63. The van der Waals surface area contributed by atoms with Crippen LogP contribution in [0.15, 0.2) is 64.9 Å². The Morgan fingerprint density at radius 1 is 1.06 bits per heavy atom. The first-order valence-corrected chi connectivity index (χ1v) is 12.5. The van der Waals surface area contributed by atoms with Crippen molar-refractivity contribution < 1.29 is 4.79 Å². The van der Waals surface area contributed by atoms with Crippen molar-refractivity contribution in [3.05, 3.63) is 76.2 Å². The summed E-state index contributed by atoms with van der Waals surface area (Å²) >= 11 is 3.42. The summed E-state index contributed by atoms with van der Waals surface area (Å²) in [4.78, 5) is 22.9. The van der Waals surface area contributed by atoms with Crippen LogP contribution in [0.5, 0.6) is 0 Å². The van der Waals surface area contributed by atoms with Gasteiger partial charge in [0.1, 0.15) is 0 Å². The maximum atomic E-state index is 12.5. The molecule has 1 aliphatic rings. The van der Waals surface area contributed by atoms with Gasteiger partial charge in [0.25, 0.3) is 5.91 Å². The van der Waals surface area contributed by atoms with Gasteiger partial charge in [-0.15, -0.1) is 23.1 Å². The molecule has 1 saturated heterocycles. The number of para-hydroxylation sites is 1. The molecule has 0 saturated carbocycles. The molecule has 0 aliphatic carbocycles. The summed E-state index contributed by atoms with van der Waals surface area (Å²) in [5.74, 6) is 0.850. The zero-order chi connectivity index (χ0) is 21.5. The molecule has 0 unspecified atom stereocenters. The Bertz CT molecular complexity index is 967. The SMILES string of the molecule is Cc1nc(CSc2ccc(C(=O)NCCN3CCN(c4ccccc4)CC3)cc2)cs1. The van der Waals surface area contributed by atoms with Gasteiger partial charge in [0.05, 0.1) is 10.7 Å². The molecule has 4 rings (SSSR count). The first-order chi connectivity index (χ1) is 15.2. The Hall–Kier alpha value is -2.35. The number of nitrogens with one attached hydrogen (secondary N) is 1. The maximum absolute atomic E-state index is 12.5. The van der Waals surface area contributed by atoms with Crippen LogP contribution in [0.1, 0.15) is 21.1 Å². The molecule has 1 aliphatic heterocycles. The Balaban J connectivity index is 1.16. The highest BCUT2D eigenvalue weighted by Gasteiger charge is 2.17. The third kappa shape index (κ3) is 6.32. The van der Waals surface area contributed by atoms with Crippen molar-refractivity contribution in [1.82, 2.24) is 15.2 Å². The lowest BCUT2D eigenvalue weighted by Crippen LogP contribution is -2.48. The predicted octanol–water partition coefficient (Wildman–Crippen LogP) is 4.30. The first-order valence-electron chi connectivity index (χ1n) is 10.6. The van der Waals surface area contributed by atoms with Crippen LogP contribution < -0.4 is 10.2 Å². The van der Waals surface area contributed by atoms with Crippen LogP contribution in [0.25, 0.3) is 0 Å². The van der Waals surface area contributed by atoms with Crippen LogP contribution in [0.2, 0.25) is 0 Å². The number of aryl methyl sites for hydroxylation is 1. The Labute approximate surface area is 192 Å². The normalized spacial score (nSPS) is 14.5. The van der Waals surface area contributed by atoms with Crippen molar-refractivity contribution in [1.29, 1.82) is 0 Å². The van der Waals surface area contributed by atoms with Crippen molar-refractivity contribution in [3.8, 4) is 0 Å². The number of thiazole rings is 1. The summed E-state index contributed by atoms with van der Waals surface area (Å²) in [6, 6.07) is 18.4. The quantitative estimate of drug-likeness (QED) is 0.517. The van der Waals surface area contributed by atoms with Crippen LogP contribution in [0.4, 0.5) is 5.69 Å². The largest absolute Gasteiger partial charge is 0.369 e. The Morgan fingerprint density at radius 2 is 1.81 bits per heavy atom. The summed E-state index contributed by atoms with van der Waals surface area (Å²) < 4.78 is 0. The molecule has 162 valence electrons. The van der Waals surface area contributed by atoms with Crippen LogP contribution in [-0.2, 0) is 5.75 Å². The van der Waals surface area contributed by atoms with Crippen LogP contribution in [0, 0.1) is 6.92 Å². The van der Waals surface area contributed by atoms with Crippen LogP contribution >= 0.6 is 23.1 Å². The molecule has 1 amide bonds. The van der Waals surface area contributed by atoms with Gasteiger partial charge >= 0.3 is 0 Å². The van der Waals surface area contributed by atoms with E-state index in [1.165, 1.54) is 5.69 Å². The minimum atomic E-state index is -0.00500. The van der Waals surface area contributed by atoms with Gasteiger partial charge in [-0.05, 0) is 43.3 Å². The first kappa shape index (κ1) is 21.9. The van der Waals surface area contributed by atoms with E-state index in [4.69, 9.17) is 0 Å². The second kappa shape index (κ2) is 10.8. The number of amides is 1. The molecule has 0 bridgehead atoms. The number of carbonyl (C=O) groups is 1. The number of anilines is 1. The number of benzene rings is 2. The number of thioether (sulfide) groups is 1. The molecule has 0 radical (unpaired) electrons. The lowest BCUT2D eigenvalue weighted by molar-refractivity contribution is 0.0947. The van der Waals surface area contributed by atoms with E-state index < -0.39 is 0 Å². The minimum Gasteiger partial charge on any atom is -0.369 e. The second-order valence-electron chi connectivity index (χ2n) is 7.59. The molecule has 3 aromatic rings. The van der Waals surface area contributed by atoms with Gasteiger partial charge < -0.3 is 10.2 Å². The van der Waals surface area contributed by atoms with Crippen molar-refractivity contribution in [2.75, 3.05) is 44.2 Å². The Kier molecular flexibility index (Phi) is 7.61. The molecule has 2 aromatic carbocycles. The third-order valence-corrected chi connectivity index (χ3v) is 7.24. The number of nitrogens with zero attached hydrogens (tertiary/aromatic N) is 3. The lowest BCUT2D eigenvalue weighted by Gasteiger charge is -2.36. The molecular weight excluding hydrogens is 424 g/mol. The number of piperazine rings is 1. The fourth-order valence-corrected chi connectivity index (χ4v) is 5.14. The molecular formula is C24H28N4OS2. The highest BCUT2D eigenvalue weighted by molar-refractivity contribution is 7.98. The smallest absolute Gasteiger partial charge is 0.251 e. The molecule has 0 atom stereocenters. The molecule has 1 fully saturated rings. The Morgan fingerprint density at radius 3 is 2.48 bits per heavy atom. The highest BCUT2D eigenvalue weighted by atomic mass is 32.2. The van der Waals surface area contributed by atoms with Crippen molar-refractivity contribution in [3.63, 3.8) is 0 Å². The van der Waals surface area contributed by atoms with Gasteiger partial charge in [0, 0.05) is 66.5 Å². The maximum Gasteiger partial charge on any atom is 0.251 e. The van der Waals surface area contributed by atoms with E-state index in [0.29, 0.717) is 12.1 Å². The van der Waals surface area contributed by atoms with Gasteiger partial charge in [-0.1, -0.05) is 18.2 Å². The average molecular weight is 453 g/mol. The van der Waals surface area contributed by atoms with Gasteiger partial charge in [-0.2, -0.15) is 0 Å². The fraction of sp³-hybridized carbons (Fsp3) is 0.333. The summed E-state index contributed by atoms with van der Waals surface area (Å²) in [7, 11) is 0. The molecule has 1 aromatic heterocycles.